The maximum atomic E-state index is 13.2. The molecule has 0 radical (unpaired) electrons. The third-order valence-corrected chi connectivity index (χ3v) is 3.55. The molecule has 1 fully saturated rings. The van der Waals surface area contributed by atoms with Crippen molar-refractivity contribution >= 4 is 0 Å². The van der Waals surface area contributed by atoms with Crippen molar-refractivity contribution in [3.05, 3.63) is 35.1 Å². The molecular formula is C14H20FN. The lowest BCUT2D eigenvalue weighted by molar-refractivity contribution is 0.509. The summed E-state index contributed by atoms with van der Waals surface area (Å²) in [5, 5.41) is 3.51. The highest BCUT2D eigenvalue weighted by Crippen LogP contribution is 2.25. The summed E-state index contributed by atoms with van der Waals surface area (Å²) in [6.07, 6.45) is 3.73. The first-order valence-corrected chi connectivity index (χ1v) is 6.16. The minimum atomic E-state index is -0.102. The number of halogens is 1. The summed E-state index contributed by atoms with van der Waals surface area (Å²) in [4.78, 5) is 0. The lowest BCUT2D eigenvalue weighted by Crippen LogP contribution is -2.23. The van der Waals surface area contributed by atoms with Gasteiger partial charge >= 0.3 is 0 Å². The Labute approximate surface area is 97.1 Å². The van der Waals surface area contributed by atoms with Gasteiger partial charge < -0.3 is 5.32 Å². The number of hydrogen-bond donors (Lipinski definition) is 1. The first kappa shape index (κ1) is 11.6. The van der Waals surface area contributed by atoms with Crippen molar-refractivity contribution in [1.82, 2.24) is 5.32 Å². The average molecular weight is 221 g/mol. The van der Waals surface area contributed by atoms with Crippen LogP contribution < -0.4 is 5.32 Å². The summed E-state index contributed by atoms with van der Waals surface area (Å²) in [5.74, 6) is 0.407. The molecule has 0 bridgehead atoms. The van der Waals surface area contributed by atoms with E-state index >= 15 is 0 Å². The van der Waals surface area contributed by atoms with Crippen LogP contribution in [-0.2, 0) is 0 Å². The molecule has 0 amide bonds. The zero-order valence-electron chi connectivity index (χ0n) is 10.1. The smallest absolute Gasteiger partial charge is 0.126 e. The van der Waals surface area contributed by atoms with Gasteiger partial charge in [-0.05, 0) is 55.8 Å². The van der Waals surface area contributed by atoms with Gasteiger partial charge in [-0.2, -0.15) is 0 Å². The molecule has 2 atom stereocenters. The Morgan fingerprint density at radius 2 is 2.31 bits per heavy atom. The predicted octanol–water partition coefficient (Wildman–Crippen LogP) is 3.38. The first-order valence-electron chi connectivity index (χ1n) is 6.16. The third kappa shape index (κ3) is 2.62. The zero-order chi connectivity index (χ0) is 11.5. The van der Waals surface area contributed by atoms with Crippen LogP contribution in [0.5, 0.6) is 0 Å². The fourth-order valence-electron chi connectivity index (χ4n) is 2.50. The summed E-state index contributed by atoms with van der Waals surface area (Å²) in [7, 11) is 0. The minimum absolute atomic E-state index is 0.102. The fourth-order valence-corrected chi connectivity index (χ4v) is 2.50. The SMILES string of the molecule is Cc1cc(C(C)CC2CCCN2)ccc1F. The molecule has 2 rings (SSSR count). The van der Waals surface area contributed by atoms with Crippen LogP contribution in [0.15, 0.2) is 18.2 Å². The predicted molar refractivity (Wildman–Crippen MR) is 65.2 cm³/mol. The van der Waals surface area contributed by atoms with E-state index in [1.54, 1.807) is 6.07 Å². The second kappa shape index (κ2) is 4.96. The van der Waals surface area contributed by atoms with E-state index in [2.05, 4.69) is 12.2 Å². The highest BCUT2D eigenvalue weighted by atomic mass is 19.1. The molecular weight excluding hydrogens is 201 g/mol. The Bertz CT molecular complexity index is 356. The van der Waals surface area contributed by atoms with Crippen LogP contribution in [-0.4, -0.2) is 12.6 Å². The van der Waals surface area contributed by atoms with Gasteiger partial charge in [-0.15, -0.1) is 0 Å². The van der Waals surface area contributed by atoms with Crippen LogP contribution in [0, 0.1) is 12.7 Å². The molecule has 1 aromatic rings. The summed E-state index contributed by atoms with van der Waals surface area (Å²) < 4.78 is 13.2. The Morgan fingerprint density at radius 1 is 1.50 bits per heavy atom. The summed E-state index contributed by atoms with van der Waals surface area (Å²) in [6, 6.07) is 6.14. The standard InChI is InChI=1S/C14H20FN/c1-10(9-13-4-3-7-16-13)12-5-6-14(15)11(2)8-12/h5-6,8,10,13,16H,3-4,7,9H2,1-2H3. The van der Waals surface area contributed by atoms with E-state index < -0.39 is 0 Å². The second-order valence-electron chi connectivity index (χ2n) is 4.94. The molecule has 1 N–H and O–H groups in total. The van der Waals surface area contributed by atoms with E-state index in [-0.39, 0.29) is 5.82 Å². The topological polar surface area (TPSA) is 12.0 Å². The highest BCUT2D eigenvalue weighted by Gasteiger charge is 2.18. The van der Waals surface area contributed by atoms with E-state index in [1.165, 1.54) is 18.4 Å². The van der Waals surface area contributed by atoms with Gasteiger partial charge in [0.15, 0.2) is 0 Å². The monoisotopic (exact) mass is 221 g/mol. The molecule has 0 saturated carbocycles. The van der Waals surface area contributed by atoms with Crippen molar-refractivity contribution in [2.75, 3.05) is 6.54 Å². The van der Waals surface area contributed by atoms with Gasteiger partial charge in [-0.25, -0.2) is 4.39 Å². The number of rotatable bonds is 3. The van der Waals surface area contributed by atoms with Gasteiger partial charge in [0.25, 0.3) is 0 Å². The second-order valence-corrected chi connectivity index (χ2v) is 4.94. The Balaban J connectivity index is 2.02. The van der Waals surface area contributed by atoms with E-state index in [4.69, 9.17) is 0 Å². The molecule has 1 aliphatic heterocycles. The van der Waals surface area contributed by atoms with Gasteiger partial charge in [0.1, 0.15) is 5.82 Å². The van der Waals surface area contributed by atoms with Gasteiger partial charge in [0.2, 0.25) is 0 Å². The molecule has 1 saturated heterocycles. The van der Waals surface area contributed by atoms with E-state index in [9.17, 15) is 4.39 Å². The molecule has 1 aromatic carbocycles. The molecule has 1 heterocycles. The largest absolute Gasteiger partial charge is 0.314 e. The van der Waals surface area contributed by atoms with Gasteiger partial charge in [0.05, 0.1) is 0 Å². The van der Waals surface area contributed by atoms with Gasteiger partial charge in [-0.1, -0.05) is 19.1 Å². The maximum Gasteiger partial charge on any atom is 0.126 e. The molecule has 88 valence electrons. The fraction of sp³-hybridized carbons (Fsp3) is 0.571. The van der Waals surface area contributed by atoms with E-state index in [1.807, 2.05) is 19.1 Å². The summed E-state index contributed by atoms with van der Waals surface area (Å²) >= 11 is 0. The van der Waals surface area contributed by atoms with Crippen molar-refractivity contribution in [3.63, 3.8) is 0 Å². The van der Waals surface area contributed by atoms with Crippen molar-refractivity contribution in [2.24, 2.45) is 0 Å². The maximum absolute atomic E-state index is 13.2. The van der Waals surface area contributed by atoms with E-state index in [0.717, 1.165) is 18.5 Å². The van der Waals surface area contributed by atoms with E-state index in [0.29, 0.717) is 12.0 Å². The van der Waals surface area contributed by atoms with Crippen LogP contribution in [0.2, 0.25) is 0 Å². The molecule has 0 aliphatic carbocycles. The van der Waals surface area contributed by atoms with Crippen molar-refractivity contribution in [3.8, 4) is 0 Å². The Morgan fingerprint density at radius 3 is 2.94 bits per heavy atom. The first-order chi connectivity index (χ1) is 7.66. The number of nitrogens with one attached hydrogen (secondary N) is 1. The van der Waals surface area contributed by atoms with Crippen LogP contribution in [0.3, 0.4) is 0 Å². The molecule has 0 spiro atoms. The van der Waals surface area contributed by atoms with Crippen molar-refractivity contribution in [2.45, 2.75) is 45.1 Å². The molecule has 2 heteroatoms. The third-order valence-electron chi connectivity index (χ3n) is 3.55. The lowest BCUT2D eigenvalue weighted by Gasteiger charge is -2.17. The van der Waals surface area contributed by atoms with Crippen LogP contribution >= 0.6 is 0 Å². The number of hydrogen-bond acceptors (Lipinski definition) is 1. The van der Waals surface area contributed by atoms with Crippen molar-refractivity contribution < 1.29 is 4.39 Å². The molecule has 1 nitrogen and oxygen atoms in total. The minimum Gasteiger partial charge on any atom is -0.314 e. The quantitative estimate of drug-likeness (QED) is 0.825. The van der Waals surface area contributed by atoms with Crippen LogP contribution in [0.1, 0.15) is 43.2 Å². The van der Waals surface area contributed by atoms with Gasteiger partial charge in [-0.3, -0.25) is 0 Å². The summed E-state index contributed by atoms with van der Waals surface area (Å²) in [5.41, 5.74) is 2.01. The zero-order valence-corrected chi connectivity index (χ0v) is 10.1. The van der Waals surface area contributed by atoms with Gasteiger partial charge in [0, 0.05) is 6.04 Å². The molecule has 1 aliphatic rings. The molecule has 2 unspecified atom stereocenters. The lowest BCUT2D eigenvalue weighted by atomic mass is 9.92. The number of benzene rings is 1. The normalized spacial score (nSPS) is 22.3. The summed E-state index contributed by atoms with van der Waals surface area (Å²) in [6.45, 7) is 5.21. The molecule has 0 aromatic heterocycles. The average Bonchev–Trinajstić information content (AvgIpc) is 2.74. The van der Waals surface area contributed by atoms with Crippen molar-refractivity contribution in [1.29, 1.82) is 0 Å². The Hall–Kier alpha value is -0.890. The van der Waals surface area contributed by atoms with Crippen LogP contribution in [0.25, 0.3) is 0 Å². The van der Waals surface area contributed by atoms with Crippen LogP contribution in [0.4, 0.5) is 4.39 Å². The number of aryl methyl sites for hydroxylation is 1. The highest BCUT2D eigenvalue weighted by molar-refractivity contribution is 5.26. The Kier molecular flexibility index (Phi) is 3.59. The molecule has 16 heavy (non-hydrogen) atoms.